The summed E-state index contributed by atoms with van der Waals surface area (Å²) in [5.41, 5.74) is -3.20. The Balaban J connectivity index is 2.21. The van der Waals surface area contributed by atoms with Crippen LogP contribution < -0.4 is 5.32 Å². The highest BCUT2D eigenvalue weighted by atomic mass is 32.2. The van der Waals surface area contributed by atoms with Gasteiger partial charge in [-0.05, 0) is 48.9 Å². The van der Waals surface area contributed by atoms with Gasteiger partial charge in [-0.15, -0.1) is 0 Å². The van der Waals surface area contributed by atoms with Crippen LogP contribution in [-0.4, -0.2) is 26.5 Å². The number of hydrogen-bond acceptors (Lipinski definition) is 3. The lowest BCUT2D eigenvalue weighted by atomic mass is 9.86. The van der Waals surface area contributed by atoms with Crippen LogP contribution in [0.15, 0.2) is 18.2 Å². The molecular formula is C15H20F3NO2S. The summed E-state index contributed by atoms with van der Waals surface area (Å²) in [4.78, 5) is 0. The Labute approximate surface area is 128 Å². The zero-order valence-electron chi connectivity index (χ0n) is 12.4. The standard InChI is InChI=1S/C15H20F3NO2S/c1-2-8-19-13-6-7-14-11(9-13)4-3-5-12(14)10-22(20,21)15(16,17)18/h3-5,13,19H,2,6-10H2,1H3/t13-/m1/s1. The van der Waals surface area contributed by atoms with Gasteiger partial charge in [0.2, 0.25) is 0 Å². The van der Waals surface area contributed by atoms with E-state index in [-0.39, 0.29) is 5.56 Å². The molecule has 1 N–H and O–H groups in total. The van der Waals surface area contributed by atoms with Gasteiger partial charge in [0.1, 0.15) is 0 Å². The summed E-state index contributed by atoms with van der Waals surface area (Å²) in [6.45, 7) is 2.98. The van der Waals surface area contributed by atoms with Crippen LogP contribution in [0.5, 0.6) is 0 Å². The summed E-state index contributed by atoms with van der Waals surface area (Å²) in [6, 6.07) is 5.31. The van der Waals surface area contributed by atoms with Crippen molar-refractivity contribution in [3.63, 3.8) is 0 Å². The molecule has 0 heterocycles. The van der Waals surface area contributed by atoms with Crippen molar-refractivity contribution in [1.29, 1.82) is 0 Å². The lowest BCUT2D eigenvalue weighted by Gasteiger charge is -2.27. The van der Waals surface area contributed by atoms with Crippen LogP contribution in [0.1, 0.15) is 36.5 Å². The first-order valence-electron chi connectivity index (χ1n) is 7.36. The highest BCUT2D eigenvalue weighted by Crippen LogP contribution is 2.31. The molecule has 1 aromatic rings. The molecule has 0 bridgehead atoms. The van der Waals surface area contributed by atoms with Crippen molar-refractivity contribution in [1.82, 2.24) is 5.32 Å². The van der Waals surface area contributed by atoms with Gasteiger partial charge in [-0.3, -0.25) is 0 Å². The number of hydrogen-bond donors (Lipinski definition) is 1. The van der Waals surface area contributed by atoms with E-state index in [2.05, 4.69) is 12.2 Å². The van der Waals surface area contributed by atoms with Crippen molar-refractivity contribution in [2.24, 2.45) is 0 Å². The molecule has 124 valence electrons. The molecule has 0 spiro atoms. The lowest BCUT2D eigenvalue weighted by molar-refractivity contribution is -0.0437. The predicted molar refractivity (Wildman–Crippen MR) is 79.2 cm³/mol. The van der Waals surface area contributed by atoms with Gasteiger partial charge >= 0.3 is 5.51 Å². The summed E-state index contributed by atoms with van der Waals surface area (Å²) in [6.07, 6.45) is 3.18. The third-order valence-corrected chi connectivity index (χ3v) is 5.36. The third-order valence-electron chi connectivity index (χ3n) is 3.96. The van der Waals surface area contributed by atoms with E-state index in [0.717, 1.165) is 36.9 Å². The number of alkyl halides is 3. The van der Waals surface area contributed by atoms with Crippen molar-refractivity contribution in [3.05, 3.63) is 34.9 Å². The summed E-state index contributed by atoms with van der Waals surface area (Å²) in [7, 11) is -5.13. The molecule has 2 rings (SSSR count). The Kier molecular flexibility index (Phi) is 5.17. The van der Waals surface area contributed by atoms with E-state index in [4.69, 9.17) is 0 Å². The van der Waals surface area contributed by atoms with Crippen molar-refractivity contribution >= 4 is 9.84 Å². The topological polar surface area (TPSA) is 46.2 Å². The van der Waals surface area contributed by atoms with E-state index in [0.29, 0.717) is 12.5 Å². The van der Waals surface area contributed by atoms with Crippen LogP contribution >= 0.6 is 0 Å². The third kappa shape index (κ3) is 3.81. The van der Waals surface area contributed by atoms with Gasteiger partial charge in [-0.1, -0.05) is 25.1 Å². The maximum atomic E-state index is 12.6. The first-order chi connectivity index (χ1) is 10.2. The van der Waals surface area contributed by atoms with E-state index < -0.39 is 21.1 Å². The minimum atomic E-state index is -5.20. The maximum Gasteiger partial charge on any atom is 0.497 e. The molecule has 22 heavy (non-hydrogen) atoms. The number of benzene rings is 1. The fourth-order valence-corrected chi connectivity index (χ4v) is 3.67. The highest BCUT2D eigenvalue weighted by Gasteiger charge is 2.45. The number of rotatable bonds is 5. The molecule has 1 atom stereocenters. The van der Waals surface area contributed by atoms with E-state index >= 15 is 0 Å². The summed E-state index contributed by atoms with van der Waals surface area (Å²) in [5, 5.41) is 3.41. The van der Waals surface area contributed by atoms with Gasteiger partial charge in [-0.2, -0.15) is 13.2 Å². The fourth-order valence-electron chi connectivity index (χ4n) is 2.83. The zero-order valence-corrected chi connectivity index (χ0v) is 13.2. The Bertz CT molecular complexity index is 626. The van der Waals surface area contributed by atoms with Crippen LogP contribution in [0.25, 0.3) is 0 Å². The van der Waals surface area contributed by atoms with Crippen LogP contribution in [-0.2, 0) is 28.4 Å². The molecule has 0 saturated carbocycles. The van der Waals surface area contributed by atoms with Crippen molar-refractivity contribution in [2.75, 3.05) is 6.54 Å². The highest BCUT2D eigenvalue weighted by molar-refractivity contribution is 7.91. The Morgan fingerprint density at radius 2 is 2.05 bits per heavy atom. The molecule has 3 nitrogen and oxygen atoms in total. The molecule has 1 aliphatic rings. The Morgan fingerprint density at radius 1 is 1.32 bits per heavy atom. The van der Waals surface area contributed by atoms with Gasteiger partial charge in [0.25, 0.3) is 9.84 Å². The predicted octanol–water partition coefficient (Wildman–Crippen LogP) is 2.98. The molecule has 0 fully saturated rings. The van der Waals surface area contributed by atoms with Gasteiger partial charge in [0.05, 0.1) is 5.75 Å². The van der Waals surface area contributed by atoms with Crippen molar-refractivity contribution in [3.8, 4) is 0 Å². The van der Waals surface area contributed by atoms with Crippen LogP contribution in [0, 0.1) is 0 Å². The normalized spacial score (nSPS) is 19.0. The van der Waals surface area contributed by atoms with Gasteiger partial charge in [0, 0.05) is 6.04 Å². The van der Waals surface area contributed by atoms with Crippen molar-refractivity contribution in [2.45, 2.75) is 49.9 Å². The second-order valence-corrected chi connectivity index (χ2v) is 7.63. The number of halogens is 3. The average molecular weight is 335 g/mol. The molecule has 0 aliphatic heterocycles. The molecule has 0 saturated heterocycles. The Morgan fingerprint density at radius 3 is 2.68 bits per heavy atom. The second-order valence-electron chi connectivity index (χ2n) is 5.65. The fraction of sp³-hybridized carbons (Fsp3) is 0.600. The zero-order chi connectivity index (χ0) is 16.4. The first kappa shape index (κ1) is 17.3. The van der Waals surface area contributed by atoms with Crippen LogP contribution in [0.3, 0.4) is 0 Å². The van der Waals surface area contributed by atoms with Crippen molar-refractivity contribution < 1.29 is 21.6 Å². The number of nitrogens with one attached hydrogen (secondary N) is 1. The molecule has 0 unspecified atom stereocenters. The number of sulfone groups is 1. The minimum absolute atomic E-state index is 0.281. The Hall–Kier alpha value is -1.08. The quantitative estimate of drug-likeness (QED) is 0.900. The van der Waals surface area contributed by atoms with E-state index in [1.54, 1.807) is 6.07 Å². The smallest absolute Gasteiger partial charge is 0.314 e. The summed E-state index contributed by atoms with van der Waals surface area (Å²) >= 11 is 0. The lowest BCUT2D eigenvalue weighted by Crippen LogP contribution is -2.35. The van der Waals surface area contributed by atoms with Gasteiger partial charge in [0.15, 0.2) is 0 Å². The van der Waals surface area contributed by atoms with E-state index in [1.807, 2.05) is 6.07 Å². The van der Waals surface area contributed by atoms with E-state index in [1.165, 1.54) is 6.07 Å². The molecule has 7 heteroatoms. The molecule has 1 aromatic carbocycles. The maximum absolute atomic E-state index is 12.6. The minimum Gasteiger partial charge on any atom is -0.314 e. The summed E-state index contributed by atoms with van der Waals surface area (Å²) in [5.74, 6) is -0.966. The monoisotopic (exact) mass is 335 g/mol. The largest absolute Gasteiger partial charge is 0.497 e. The SMILES string of the molecule is CCCN[C@@H]1CCc2c(cccc2CS(=O)(=O)C(F)(F)F)C1. The molecule has 0 aromatic heterocycles. The second kappa shape index (κ2) is 6.58. The molecule has 0 radical (unpaired) electrons. The molecule has 0 amide bonds. The van der Waals surface area contributed by atoms with E-state index in [9.17, 15) is 21.6 Å². The van der Waals surface area contributed by atoms with Crippen LogP contribution in [0.2, 0.25) is 0 Å². The first-order valence-corrected chi connectivity index (χ1v) is 9.02. The molecule has 1 aliphatic carbocycles. The van der Waals surface area contributed by atoms with Gasteiger partial charge < -0.3 is 5.32 Å². The molecular weight excluding hydrogens is 315 g/mol. The van der Waals surface area contributed by atoms with Gasteiger partial charge in [-0.25, -0.2) is 8.42 Å². The average Bonchev–Trinajstić information content (AvgIpc) is 2.43. The summed E-state index contributed by atoms with van der Waals surface area (Å²) < 4.78 is 60.4. The number of fused-ring (bicyclic) bond motifs is 1. The van der Waals surface area contributed by atoms with Crippen LogP contribution in [0.4, 0.5) is 13.2 Å².